The van der Waals surface area contributed by atoms with Crippen LogP contribution in [-0.2, 0) is 6.54 Å². The molecule has 0 saturated carbocycles. The summed E-state index contributed by atoms with van der Waals surface area (Å²) in [6.45, 7) is 7.39. The molecule has 0 atom stereocenters. The molecule has 2 aromatic heterocycles. The van der Waals surface area contributed by atoms with Gasteiger partial charge in [-0.1, -0.05) is 31.5 Å². The smallest absolute Gasteiger partial charge is 0.231 e. The number of hydrogen-bond acceptors (Lipinski definition) is 8. The van der Waals surface area contributed by atoms with Gasteiger partial charge in [-0.05, 0) is 37.9 Å². The van der Waals surface area contributed by atoms with Crippen LogP contribution in [0.25, 0.3) is 11.2 Å². The molecule has 0 bridgehead atoms. The Labute approximate surface area is 185 Å². The summed E-state index contributed by atoms with van der Waals surface area (Å²) < 4.78 is 13.1. The maximum absolute atomic E-state index is 6.07. The van der Waals surface area contributed by atoms with Gasteiger partial charge in [-0.25, -0.2) is 15.0 Å². The fourth-order valence-electron chi connectivity index (χ4n) is 3.34. The lowest BCUT2D eigenvalue weighted by Crippen LogP contribution is -2.21. The molecule has 31 heavy (non-hydrogen) atoms. The fraction of sp³-hybridized carbons (Fsp3) is 0.409. The first kappa shape index (κ1) is 21.3. The second-order valence-electron chi connectivity index (χ2n) is 7.73. The lowest BCUT2D eigenvalue weighted by molar-refractivity contribution is 0.174. The summed E-state index contributed by atoms with van der Waals surface area (Å²) in [4.78, 5) is 14.1. The van der Waals surface area contributed by atoms with E-state index in [4.69, 9.17) is 26.6 Å². The summed E-state index contributed by atoms with van der Waals surface area (Å²) >= 11 is 1.47. The van der Waals surface area contributed by atoms with Gasteiger partial charge in [-0.15, -0.1) is 6.42 Å². The third-order valence-electron chi connectivity index (χ3n) is 4.89. The number of aryl methyl sites for hydroxylation is 1. The molecule has 0 unspecified atom stereocenters. The van der Waals surface area contributed by atoms with Crippen LogP contribution in [0.3, 0.4) is 0 Å². The molecule has 8 nitrogen and oxygen atoms in total. The molecule has 3 heterocycles. The van der Waals surface area contributed by atoms with Gasteiger partial charge < -0.3 is 25.1 Å². The molecule has 162 valence electrons. The Morgan fingerprint density at radius 3 is 2.84 bits per heavy atom. The average molecular weight is 439 g/mol. The standard InChI is InChI=1S/C22H26N6O2S/c1-4-15-9-16-17(30-13-29-16)10-18(15)31-22-27-19-20(23)25-12-26-21(19)28(22)8-6-5-7-24-11-14(2)3/h1,9-10,12,14,24H,5-8,11,13H2,2-3H3,(H2,23,25,26). The average Bonchev–Trinajstić information content (AvgIpc) is 3.34. The Balaban J connectivity index is 1.58. The number of nitrogen functional groups attached to an aromatic ring is 1. The molecule has 0 aliphatic carbocycles. The third-order valence-corrected chi connectivity index (χ3v) is 5.95. The predicted octanol–water partition coefficient (Wildman–Crippen LogP) is 3.30. The van der Waals surface area contributed by atoms with E-state index in [1.807, 2.05) is 12.1 Å². The summed E-state index contributed by atoms with van der Waals surface area (Å²) in [6.07, 6.45) is 9.26. The highest BCUT2D eigenvalue weighted by molar-refractivity contribution is 7.99. The number of nitrogens with one attached hydrogen (secondary N) is 1. The zero-order chi connectivity index (χ0) is 21.8. The highest BCUT2D eigenvalue weighted by Crippen LogP contribution is 2.41. The minimum absolute atomic E-state index is 0.197. The van der Waals surface area contributed by atoms with Crippen LogP contribution < -0.4 is 20.5 Å². The molecule has 0 amide bonds. The molecule has 3 aromatic rings. The Bertz CT molecular complexity index is 1120. The highest BCUT2D eigenvalue weighted by Gasteiger charge is 2.21. The van der Waals surface area contributed by atoms with Gasteiger partial charge in [0.15, 0.2) is 33.6 Å². The van der Waals surface area contributed by atoms with Crippen molar-refractivity contribution in [3.63, 3.8) is 0 Å². The van der Waals surface area contributed by atoms with Gasteiger partial charge in [0.2, 0.25) is 6.79 Å². The zero-order valence-electron chi connectivity index (χ0n) is 17.7. The summed E-state index contributed by atoms with van der Waals surface area (Å²) in [5, 5.41) is 4.25. The minimum Gasteiger partial charge on any atom is -0.454 e. The zero-order valence-corrected chi connectivity index (χ0v) is 18.5. The largest absolute Gasteiger partial charge is 0.454 e. The molecular formula is C22H26N6O2S. The number of imidazole rings is 1. The van der Waals surface area contributed by atoms with Crippen molar-refractivity contribution in [3.05, 3.63) is 24.0 Å². The van der Waals surface area contributed by atoms with Crippen LogP contribution in [0.5, 0.6) is 11.5 Å². The lowest BCUT2D eigenvalue weighted by atomic mass is 10.2. The number of fused-ring (bicyclic) bond motifs is 2. The van der Waals surface area contributed by atoms with Gasteiger partial charge in [0.1, 0.15) is 6.33 Å². The molecule has 1 aliphatic heterocycles. The first-order valence-corrected chi connectivity index (χ1v) is 11.1. The van der Waals surface area contributed by atoms with Crippen molar-refractivity contribution in [2.45, 2.75) is 43.3 Å². The number of terminal acetylenes is 1. The number of rotatable bonds is 9. The topological polar surface area (TPSA) is 100 Å². The summed E-state index contributed by atoms with van der Waals surface area (Å²) in [7, 11) is 0. The van der Waals surface area contributed by atoms with E-state index in [2.05, 4.69) is 39.6 Å². The molecule has 1 aromatic carbocycles. The quantitative estimate of drug-likeness (QED) is 0.388. The monoisotopic (exact) mass is 438 g/mol. The van der Waals surface area contributed by atoms with E-state index in [9.17, 15) is 0 Å². The van der Waals surface area contributed by atoms with Gasteiger partial charge >= 0.3 is 0 Å². The third kappa shape index (κ3) is 4.70. The molecule has 0 spiro atoms. The second-order valence-corrected chi connectivity index (χ2v) is 8.74. The van der Waals surface area contributed by atoms with Gasteiger partial charge in [-0.2, -0.15) is 0 Å². The van der Waals surface area contributed by atoms with Crippen molar-refractivity contribution in [2.24, 2.45) is 5.92 Å². The Morgan fingerprint density at radius 2 is 2.06 bits per heavy atom. The summed E-state index contributed by atoms with van der Waals surface area (Å²) in [6, 6.07) is 3.73. The van der Waals surface area contributed by atoms with Gasteiger partial charge in [-0.3, -0.25) is 0 Å². The lowest BCUT2D eigenvalue weighted by Gasteiger charge is -2.11. The van der Waals surface area contributed by atoms with Gasteiger partial charge in [0.05, 0.1) is 0 Å². The predicted molar refractivity (Wildman–Crippen MR) is 121 cm³/mol. The molecule has 1 aliphatic rings. The van der Waals surface area contributed by atoms with Crippen molar-refractivity contribution < 1.29 is 9.47 Å². The number of ether oxygens (including phenoxy) is 2. The van der Waals surface area contributed by atoms with E-state index in [0.717, 1.165) is 53.7 Å². The second kappa shape index (κ2) is 9.45. The van der Waals surface area contributed by atoms with E-state index in [-0.39, 0.29) is 6.79 Å². The number of benzene rings is 1. The summed E-state index contributed by atoms with van der Waals surface area (Å²) in [5.41, 5.74) is 8.13. The number of unbranched alkanes of at least 4 members (excludes halogenated alkanes) is 1. The van der Waals surface area contributed by atoms with Gasteiger partial charge in [0.25, 0.3) is 0 Å². The highest BCUT2D eigenvalue weighted by atomic mass is 32.2. The Morgan fingerprint density at radius 1 is 1.26 bits per heavy atom. The van der Waals surface area contributed by atoms with E-state index in [0.29, 0.717) is 28.8 Å². The molecule has 3 N–H and O–H groups in total. The van der Waals surface area contributed by atoms with Crippen LogP contribution in [-0.4, -0.2) is 39.4 Å². The van der Waals surface area contributed by atoms with Crippen molar-refractivity contribution in [3.8, 4) is 23.8 Å². The van der Waals surface area contributed by atoms with Crippen molar-refractivity contribution in [2.75, 3.05) is 25.6 Å². The van der Waals surface area contributed by atoms with Crippen LogP contribution in [0.15, 0.2) is 28.5 Å². The molecule has 0 radical (unpaired) electrons. The number of anilines is 1. The summed E-state index contributed by atoms with van der Waals surface area (Å²) in [5.74, 6) is 5.09. The van der Waals surface area contributed by atoms with Crippen molar-refractivity contribution >= 4 is 28.7 Å². The van der Waals surface area contributed by atoms with Crippen LogP contribution in [0.2, 0.25) is 0 Å². The van der Waals surface area contributed by atoms with Crippen LogP contribution in [0.1, 0.15) is 32.3 Å². The van der Waals surface area contributed by atoms with Crippen LogP contribution in [0, 0.1) is 18.3 Å². The number of nitrogens with zero attached hydrogens (tertiary/aromatic N) is 4. The molecule has 4 rings (SSSR count). The minimum atomic E-state index is 0.197. The van der Waals surface area contributed by atoms with Crippen molar-refractivity contribution in [1.29, 1.82) is 0 Å². The Kier molecular flexibility index (Phi) is 6.49. The van der Waals surface area contributed by atoms with Crippen LogP contribution in [0.4, 0.5) is 5.82 Å². The number of hydrogen-bond donors (Lipinski definition) is 2. The molecule has 0 fully saturated rings. The Hall–Kier alpha value is -2.96. The van der Waals surface area contributed by atoms with E-state index in [1.165, 1.54) is 18.1 Å². The normalized spacial score (nSPS) is 12.6. The number of aromatic nitrogens is 4. The van der Waals surface area contributed by atoms with E-state index < -0.39 is 0 Å². The van der Waals surface area contributed by atoms with Crippen molar-refractivity contribution in [1.82, 2.24) is 24.8 Å². The SMILES string of the molecule is C#Cc1cc2c(cc1Sc1nc3c(N)ncnc3n1CCCCNCC(C)C)OCO2. The van der Waals surface area contributed by atoms with E-state index >= 15 is 0 Å². The maximum atomic E-state index is 6.07. The van der Waals surface area contributed by atoms with E-state index in [1.54, 1.807) is 0 Å². The molecular weight excluding hydrogens is 412 g/mol. The molecule has 9 heteroatoms. The molecule has 0 saturated heterocycles. The first-order valence-electron chi connectivity index (χ1n) is 10.3. The number of nitrogens with two attached hydrogens (primary N) is 1. The first-order chi connectivity index (χ1) is 15.1. The maximum Gasteiger partial charge on any atom is 0.231 e. The fourth-order valence-corrected chi connectivity index (χ4v) is 4.36. The van der Waals surface area contributed by atoms with Gasteiger partial charge in [0, 0.05) is 23.1 Å². The van der Waals surface area contributed by atoms with Crippen LogP contribution >= 0.6 is 11.8 Å².